The zero-order chi connectivity index (χ0) is 12.5. The summed E-state index contributed by atoms with van der Waals surface area (Å²) in [6.45, 7) is 0.589. The third-order valence-corrected chi connectivity index (χ3v) is 3.71. The van der Waals surface area contributed by atoms with Crippen LogP contribution in [0.5, 0.6) is 0 Å². The topological polar surface area (TPSA) is 26.0 Å². The highest BCUT2D eigenvalue weighted by molar-refractivity contribution is 6.30. The monoisotopic (exact) mass is 255 g/mol. The molecule has 1 atom stereocenters. The molecule has 90 valence electrons. The van der Waals surface area contributed by atoms with Crippen molar-refractivity contribution in [3.05, 3.63) is 69.7 Å². The fourth-order valence-electron chi connectivity index (χ4n) is 2.58. The molecule has 0 amide bonds. The molecule has 1 nitrogen and oxygen atoms in total. The summed E-state index contributed by atoms with van der Waals surface area (Å²) in [4.78, 5) is 0. The molecule has 0 saturated carbocycles. The van der Waals surface area contributed by atoms with E-state index in [1.54, 1.807) is 0 Å². The van der Waals surface area contributed by atoms with Gasteiger partial charge in [0.25, 0.3) is 0 Å². The minimum Gasteiger partial charge on any atom is -0.330 e. The van der Waals surface area contributed by atoms with Gasteiger partial charge >= 0.3 is 0 Å². The highest BCUT2D eigenvalue weighted by atomic mass is 35.5. The van der Waals surface area contributed by atoms with Gasteiger partial charge in [-0.1, -0.05) is 54.1 Å². The van der Waals surface area contributed by atoms with Crippen molar-refractivity contribution < 1.29 is 0 Å². The standard InChI is InChI=1S/C16H14ClN/c17-13-8-7-12-6-5-11-3-1-2-4-14(11)16(10-18)15(12)9-13/h1-9,16H,10,18H2. The number of nitrogens with two attached hydrogens (primary N) is 1. The van der Waals surface area contributed by atoms with E-state index in [1.165, 1.54) is 22.3 Å². The van der Waals surface area contributed by atoms with E-state index in [1.807, 2.05) is 12.1 Å². The third kappa shape index (κ3) is 1.86. The second-order valence-electron chi connectivity index (χ2n) is 4.52. The van der Waals surface area contributed by atoms with Crippen LogP contribution in [0.15, 0.2) is 42.5 Å². The molecule has 2 aromatic rings. The number of benzene rings is 2. The summed E-state index contributed by atoms with van der Waals surface area (Å²) in [5, 5.41) is 0.764. The molecule has 1 unspecified atom stereocenters. The second kappa shape index (κ2) is 4.60. The maximum absolute atomic E-state index is 6.11. The van der Waals surface area contributed by atoms with Crippen LogP contribution in [-0.4, -0.2) is 6.54 Å². The summed E-state index contributed by atoms with van der Waals surface area (Å²) in [5.74, 6) is 0.213. The molecule has 0 heterocycles. The SMILES string of the molecule is NCC1c2ccccc2C=Cc2ccc(Cl)cc21. The van der Waals surface area contributed by atoms with Crippen LogP contribution in [0.25, 0.3) is 12.2 Å². The molecular weight excluding hydrogens is 242 g/mol. The van der Waals surface area contributed by atoms with Crippen LogP contribution in [0, 0.1) is 0 Å². The van der Waals surface area contributed by atoms with Gasteiger partial charge < -0.3 is 5.73 Å². The van der Waals surface area contributed by atoms with E-state index in [0.717, 1.165) is 5.02 Å². The maximum atomic E-state index is 6.11. The highest BCUT2D eigenvalue weighted by Crippen LogP contribution is 2.35. The molecule has 0 bridgehead atoms. The Hall–Kier alpha value is -1.57. The van der Waals surface area contributed by atoms with Gasteiger partial charge in [0.15, 0.2) is 0 Å². The predicted octanol–water partition coefficient (Wildman–Crippen LogP) is 3.91. The van der Waals surface area contributed by atoms with E-state index in [0.29, 0.717) is 6.54 Å². The predicted molar refractivity (Wildman–Crippen MR) is 77.7 cm³/mol. The molecule has 2 N–H and O–H groups in total. The van der Waals surface area contributed by atoms with Gasteiger partial charge in [-0.25, -0.2) is 0 Å². The van der Waals surface area contributed by atoms with Gasteiger partial charge in [0.2, 0.25) is 0 Å². The van der Waals surface area contributed by atoms with E-state index in [-0.39, 0.29) is 5.92 Å². The Morgan fingerprint density at radius 3 is 2.44 bits per heavy atom. The first-order valence-electron chi connectivity index (χ1n) is 6.06. The van der Waals surface area contributed by atoms with Crippen LogP contribution in [0.2, 0.25) is 5.02 Å². The fraction of sp³-hybridized carbons (Fsp3) is 0.125. The van der Waals surface area contributed by atoms with Crippen molar-refractivity contribution in [2.75, 3.05) is 6.54 Å². The minimum absolute atomic E-state index is 0.213. The van der Waals surface area contributed by atoms with Gasteiger partial charge in [0, 0.05) is 17.5 Å². The lowest BCUT2D eigenvalue weighted by atomic mass is 9.88. The average Bonchev–Trinajstić information content (AvgIpc) is 2.54. The van der Waals surface area contributed by atoms with E-state index >= 15 is 0 Å². The molecule has 3 rings (SSSR count). The normalized spacial score (nSPS) is 16.9. The second-order valence-corrected chi connectivity index (χ2v) is 4.96. The van der Waals surface area contributed by atoms with Crippen LogP contribution in [-0.2, 0) is 0 Å². The number of fused-ring (bicyclic) bond motifs is 2. The summed E-state index contributed by atoms with van der Waals surface area (Å²) < 4.78 is 0. The molecule has 2 heteroatoms. The van der Waals surface area contributed by atoms with Crippen molar-refractivity contribution in [1.29, 1.82) is 0 Å². The summed E-state index contributed by atoms with van der Waals surface area (Å²) in [6, 6.07) is 14.4. The Morgan fingerprint density at radius 1 is 0.944 bits per heavy atom. The van der Waals surface area contributed by atoms with Crippen molar-refractivity contribution in [1.82, 2.24) is 0 Å². The Bertz CT molecular complexity index is 616. The Balaban J connectivity index is 2.26. The molecule has 0 saturated heterocycles. The van der Waals surface area contributed by atoms with Crippen molar-refractivity contribution in [2.24, 2.45) is 5.73 Å². The van der Waals surface area contributed by atoms with E-state index in [2.05, 4.69) is 42.5 Å². The molecule has 2 aromatic carbocycles. The fourth-order valence-corrected chi connectivity index (χ4v) is 2.76. The minimum atomic E-state index is 0.213. The highest BCUT2D eigenvalue weighted by Gasteiger charge is 2.19. The lowest BCUT2D eigenvalue weighted by Crippen LogP contribution is -2.15. The van der Waals surface area contributed by atoms with Crippen molar-refractivity contribution >= 4 is 23.8 Å². The quantitative estimate of drug-likeness (QED) is 0.821. The molecule has 0 aromatic heterocycles. The maximum Gasteiger partial charge on any atom is 0.0409 e. The molecule has 1 aliphatic carbocycles. The number of hydrogen-bond acceptors (Lipinski definition) is 1. The van der Waals surface area contributed by atoms with Gasteiger partial charge in [-0.2, -0.15) is 0 Å². The lowest BCUT2D eigenvalue weighted by molar-refractivity contribution is 0.817. The zero-order valence-electron chi connectivity index (χ0n) is 9.94. The van der Waals surface area contributed by atoms with Crippen LogP contribution in [0.1, 0.15) is 28.2 Å². The van der Waals surface area contributed by atoms with Crippen LogP contribution >= 0.6 is 11.6 Å². The number of hydrogen-bond donors (Lipinski definition) is 1. The largest absolute Gasteiger partial charge is 0.330 e. The van der Waals surface area contributed by atoms with Crippen LogP contribution in [0.3, 0.4) is 0 Å². The van der Waals surface area contributed by atoms with E-state index in [4.69, 9.17) is 17.3 Å². The van der Waals surface area contributed by atoms with Gasteiger partial charge in [-0.05, 0) is 34.4 Å². The average molecular weight is 256 g/mol. The van der Waals surface area contributed by atoms with Gasteiger partial charge in [0.05, 0.1) is 0 Å². The molecule has 0 spiro atoms. The molecular formula is C16H14ClN. The first-order valence-corrected chi connectivity index (χ1v) is 6.44. The molecule has 0 fully saturated rings. The van der Waals surface area contributed by atoms with Gasteiger partial charge in [-0.3, -0.25) is 0 Å². The zero-order valence-corrected chi connectivity index (χ0v) is 10.7. The first-order chi connectivity index (χ1) is 8.79. The number of rotatable bonds is 1. The molecule has 18 heavy (non-hydrogen) atoms. The molecule has 0 aliphatic heterocycles. The lowest BCUT2D eigenvalue weighted by Gasteiger charge is -2.18. The van der Waals surface area contributed by atoms with Gasteiger partial charge in [-0.15, -0.1) is 0 Å². The summed E-state index contributed by atoms with van der Waals surface area (Å²) >= 11 is 6.11. The van der Waals surface area contributed by atoms with Crippen molar-refractivity contribution in [3.63, 3.8) is 0 Å². The number of halogens is 1. The molecule has 1 aliphatic rings. The van der Waals surface area contributed by atoms with Gasteiger partial charge in [0.1, 0.15) is 0 Å². The summed E-state index contributed by atoms with van der Waals surface area (Å²) in [6.07, 6.45) is 4.29. The van der Waals surface area contributed by atoms with Crippen LogP contribution < -0.4 is 5.73 Å². The van der Waals surface area contributed by atoms with Crippen molar-refractivity contribution in [2.45, 2.75) is 5.92 Å². The summed E-state index contributed by atoms with van der Waals surface area (Å²) in [5.41, 5.74) is 10.9. The third-order valence-electron chi connectivity index (χ3n) is 3.47. The van der Waals surface area contributed by atoms with Crippen molar-refractivity contribution in [3.8, 4) is 0 Å². The van der Waals surface area contributed by atoms with E-state index < -0.39 is 0 Å². The molecule has 0 radical (unpaired) electrons. The van der Waals surface area contributed by atoms with Crippen LogP contribution in [0.4, 0.5) is 0 Å². The summed E-state index contributed by atoms with van der Waals surface area (Å²) in [7, 11) is 0. The Morgan fingerprint density at radius 2 is 1.67 bits per heavy atom. The Labute approximate surface area is 112 Å². The smallest absolute Gasteiger partial charge is 0.0409 e. The van der Waals surface area contributed by atoms with E-state index in [9.17, 15) is 0 Å². The Kier molecular flexibility index (Phi) is 2.94. The first kappa shape index (κ1) is 11.5.